The van der Waals surface area contributed by atoms with Crippen LogP contribution in [-0.2, 0) is 36.8 Å². The van der Waals surface area contributed by atoms with Crippen molar-refractivity contribution in [1.82, 2.24) is 0 Å². The topological polar surface area (TPSA) is 151 Å². The van der Waals surface area contributed by atoms with E-state index in [1.54, 1.807) is 97.0 Å². The van der Waals surface area contributed by atoms with Gasteiger partial charge in [0.1, 0.15) is 40.8 Å². The van der Waals surface area contributed by atoms with E-state index < -0.39 is 29.3 Å². The number of benzene rings is 4. The summed E-state index contributed by atoms with van der Waals surface area (Å²) in [5.74, 6) is 0.952. The Morgan fingerprint density at radius 1 is 0.724 bits per heavy atom. The zero-order valence-electron chi connectivity index (χ0n) is 35.1. The van der Waals surface area contributed by atoms with Crippen molar-refractivity contribution < 1.29 is 47.6 Å². The van der Waals surface area contributed by atoms with Crippen molar-refractivity contribution in [2.24, 2.45) is 0 Å². The first-order chi connectivity index (χ1) is 27.3. The summed E-state index contributed by atoms with van der Waals surface area (Å²) >= 11 is 0. The summed E-state index contributed by atoms with van der Waals surface area (Å²) < 4.78 is 34.4. The lowest BCUT2D eigenvalue weighted by molar-refractivity contribution is -0.143. The third kappa shape index (κ3) is 14.1. The standard InChI is InChI=1S/C45H55N3O10/c1-11-53-40(50)22-18-32-17-19-33(26-38(32)55-27-31-15-13-12-14-16-31)54-28-39(49)46-36-21-20-34(25-37(36)48(10)43(52)58-45(7,8)9)56-35-23-29(2)41(30(3)24-35)47-42(51)57-44(4,5)6/h12-17,19-21,23-26H,11,18,22,27-28H2,1-10H3,(H,46,49)(H,47,51). The van der Waals surface area contributed by atoms with Gasteiger partial charge >= 0.3 is 18.2 Å². The molecule has 0 spiro atoms. The van der Waals surface area contributed by atoms with E-state index in [4.69, 9.17) is 28.4 Å². The minimum absolute atomic E-state index is 0.181. The molecule has 58 heavy (non-hydrogen) atoms. The number of nitrogens with one attached hydrogen (secondary N) is 2. The quantitative estimate of drug-likeness (QED) is 0.0879. The van der Waals surface area contributed by atoms with Crippen molar-refractivity contribution in [1.29, 1.82) is 0 Å². The molecular formula is C45H55N3O10. The number of anilines is 3. The lowest BCUT2D eigenvalue weighted by Gasteiger charge is -2.26. The summed E-state index contributed by atoms with van der Waals surface area (Å²) in [6.07, 6.45) is -0.635. The third-order valence-corrected chi connectivity index (χ3v) is 8.19. The molecule has 2 N–H and O–H groups in total. The lowest BCUT2D eigenvalue weighted by Crippen LogP contribution is -2.34. The number of esters is 1. The van der Waals surface area contributed by atoms with Crippen LogP contribution in [0.2, 0.25) is 0 Å². The molecule has 4 rings (SSSR count). The molecule has 0 fully saturated rings. The van der Waals surface area contributed by atoms with Crippen LogP contribution in [0.15, 0.2) is 78.9 Å². The van der Waals surface area contributed by atoms with Gasteiger partial charge < -0.3 is 33.7 Å². The van der Waals surface area contributed by atoms with Crippen molar-refractivity contribution in [2.75, 3.05) is 35.8 Å². The van der Waals surface area contributed by atoms with E-state index in [1.165, 1.54) is 11.9 Å². The van der Waals surface area contributed by atoms with Crippen LogP contribution in [0.3, 0.4) is 0 Å². The molecule has 0 saturated carbocycles. The fourth-order valence-corrected chi connectivity index (χ4v) is 5.61. The average molecular weight is 798 g/mol. The number of hydrogen-bond acceptors (Lipinski definition) is 10. The van der Waals surface area contributed by atoms with Crippen LogP contribution in [0.1, 0.15) is 77.1 Å². The van der Waals surface area contributed by atoms with Gasteiger partial charge in [-0.2, -0.15) is 0 Å². The summed E-state index contributed by atoms with van der Waals surface area (Å²) in [6, 6.07) is 23.3. The molecule has 4 aromatic rings. The lowest BCUT2D eigenvalue weighted by atomic mass is 10.1. The van der Waals surface area contributed by atoms with E-state index in [2.05, 4.69) is 10.6 Å². The summed E-state index contributed by atoms with van der Waals surface area (Å²) in [6.45, 7) is 16.3. The molecule has 0 aliphatic rings. The molecule has 0 aliphatic carbocycles. The van der Waals surface area contributed by atoms with Crippen LogP contribution in [0.4, 0.5) is 26.7 Å². The van der Waals surface area contributed by atoms with E-state index in [0.29, 0.717) is 59.7 Å². The maximum Gasteiger partial charge on any atom is 0.414 e. The molecule has 310 valence electrons. The van der Waals surface area contributed by atoms with Crippen molar-refractivity contribution in [3.63, 3.8) is 0 Å². The van der Waals surface area contributed by atoms with Gasteiger partial charge in [0, 0.05) is 25.6 Å². The highest BCUT2D eigenvalue weighted by molar-refractivity contribution is 5.99. The highest BCUT2D eigenvalue weighted by atomic mass is 16.6. The largest absolute Gasteiger partial charge is 0.488 e. The monoisotopic (exact) mass is 797 g/mol. The highest BCUT2D eigenvalue weighted by Crippen LogP contribution is 2.35. The van der Waals surface area contributed by atoms with Crippen molar-refractivity contribution in [2.45, 2.75) is 93.0 Å². The second kappa shape index (κ2) is 19.8. The van der Waals surface area contributed by atoms with Gasteiger partial charge in [-0.05, 0) is 121 Å². The first-order valence-corrected chi connectivity index (χ1v) is 19.1. The Kier molecular flexibility index (Phi) is 15.1. The highest BCUT2D eigenvalue weighted by Gasteiger charge is 2.24. The summed E-state index contributed by atoms with van der Waals surface area (Å²) in [7, 11) is 1.53. The smallest absolute Gasteiger partial charge is 0.414 e. The first-order valence-electron chi connectivity index (χ1n) is 19.1. The second-order valence-corrected chi connectivity index (χ2v) is 15.6. The van der Waals surface area contributed by atoms with Gasteiger partial charge in [0.15, 0.2) is 6.61 Å². The van der Waals surface area contributed by atoms with Crippen molar-refractivity contribution >= 4 is 41.1 Å². The molecule has 0 aliphatic heterocycles. The first kappa shape index (κ1) is 44.5. The van der Waals surface area contributed by atoms with E-state index in [0.717, 1.165) is 22.3 Å². The molecule has 0 saturated heterocycles. The van der Waals surface area contributed by atoms with Crippen molar-refractivity contribution in [3.8, 4) is 23.0 Å². The van der Waals surface area contributed by atoms with Gasteiger partial charge in [0.2, 0.25) is 0 Å². The number of ether oxygens (including phenoxy) is 6. The Labute approximate surface area is 340 Å². The molecule has 0 radical (unpaired) electrons. The number of rotatable bonds is 15. The SMILES string of the molecule is CCOC(=O)CCc1ccc(OCC(=O)Nc2ccc(Oc3cc(C)c(NC(=O)OC(C)(C)C)c(C)c3)cc2N(C)C(=O)OC(C)(C)C)cc1OCc1ccccc1. The summed E-state index contributed by atoms with van der Waals surface area (Å²) in [4.78, 5) is 52.4. The number of amides is 3. The zero-order chi connectivity index (χ0) is 42.6. The van der Waals surface area contributed by atoms with E-state index in [9.17, 15) is 19.2 Å². The Bertz CT molecular complexity index is 2050. The van der Waals surface area contributed by atoms with Crippen LogP contribution in [0, 0.1) is 13.8 Å². The predicted octanol–water partition coefficient (Wildman–Crippen LogP) is 9.91. The minimum Gasteiger partial charge on any atom is -0.488 e. The molecule has 3 amide bonds. The van der Waals surface area contributed by atoms with Crippen LogP contribution < -0.4 is 29.7 Å². The van der Waals surface area contributed by atoms with E-state index in [-0.39, 0.29) is 19.0 Å². The fourth-order valence-electron chi connectivity index (χ4n) is 5.61. The van der Waals surface area contributed by atoms with Crippen LogP contribution >= 0.6 is 0 Å². The number of nitrogens with zero attached hydrogens (tertiary/aromatic N) is 1. The van der Waals surface area contributed by atoms with Crippen LogP contribution in [-0.4, -0.2) is 55.5 Å². The van der Waals surface area contributed by atoms with E-state index in [1.807, 2.05) is 44.2 Å². The Morgan fingerprint density at radius 2 is 1.38 bits per heavy atom. The molecule has 4 aromatic carbocycles. The Hall–Kier alpha value is -6.24. The number of carbonyl (C=O) groups excluding carboxylic acids is 4. The second-order valence-electron chi connectivity index (χ2n) is 15.6. The van der Waals surface area contributed by atoms with Crippen LogP contribution in [0.25, 0.3) is 0 Å². The molecule has 0 atom stereocenters. The number of hydrogen-bond donors (Lipinski definition) is 2. The van der Waals surface area contributed by atoms with Gasteiger partial charge in [0.05, 0.1) is 23.7 Å². The molecule has 13 heteroatoms. The molecule has 0 aromatic heterocycles. The Morgan fingerprint density at radius 3 is 2.02 bits per heavy atom. The normalized spacial score (nSPS) is 11.2. The van der Waals surface area contributed by atoms with Crippen LogP contribution in [0.5, 0.6) is 23.0 Å². The predicted molar refractivity (Wildman–Crippen MR) is 223 cm³/mol. The number of carbonyl (C=O) groups is 4. The molecule has 0 unspecified atom stereocenters. The average Bonchev–Trinajstić information content (AvgIpc) is 3.13. The van der Waals surface area contributed by atoms with E-state index >= 15 is 0 Å². The fraction of sp³-hybridized carbons (Fsp3) is 0.378. The minimum atomic E-state index is -0.779. The summed E-state index contributed by atoms with van der Waals surface area (Å²) in [5.41, 5.74) is 3.03. The molecular weight excluding hydrogens is 743 g/mol. The zero-order valence-corrected chi connectivity index (χ0v) is 35.1. The molecule has 13 nitrogen and oxygen atoms in total. The maximum absolute atomic E-state index is 13.4. The van der Waals surface area contributed by atoms with Gasteiger partial charge in [-0.3, -0.25) is 19.8 Å². The van der Waals surface area contributed by atoms with Gasteiger partial charge in [-0.15, -0.1) is 0 Å². The van der Waals surface area contributed by atoms with Gasteiger partial charge in [0.25, 0.3) is 5.91 Å². The van der Waals surface area contributed by atoms with Crippen molar-refractivity contribution in [3.05, 3.63) is 101 Å². The van der Waals surface area contributed by atoms with Gasteiger partial charge in [-0.1, -0.05) is 36.4 Å². The molecule has 0 bridgehead atoms. The van der Waals surface area contributed by atoms with Gasteiger partial charge in [-0.25, -0.2) is 9.59 Å². The number of aryl methyl sites for hydroxylation is 3. The summed E-state index contributed by atoms with van der Waals surface area (Å²) in [5, 5.41) is 5.65. The Balaban J connectivity index is 1.53. The third-order valence-electron chi connectivity index (χ3n) is 8.19. The maximum atomic E-state index is 13.4. The molecule has 0 heterocycles.